The second-order valence-corrected chi connectivity index (χ2v) is 7.75. The first kappa shape index (κ1) is 15.7. The van der Waals surface area contributed by atoms with Crippen LogP contribution in [0.1, 0.15) is 12.8 Å². The summed E-state index contributed by atoms with van der Waals surface area (Å²) in [5.74, 6) is 2.99. The van der Waals surface area contributed by atoms with E-state index in [4.69, 9.17) is 24.9 Å². The number of halogens is 1. The average molecular weight is 273 g/mol. The molecule has 3 nitrogen and oxygen atoms in total. The van der Waals surface area contributed by atoms with E-state index in [0.717, 1.165) is 36.3 Å². The predicted octanol–water partition coefficient (Wildman–Crippen LogP) is 2.62. The maximum Gasteiger partial charge on any atom is 0.500 e. The van der Waals surface area contributed by atoms with E-state index in [1.807, 2.05) is 11.8 Å². The van der Waals surface area contributed by atoms with Crippen LogP contribution in [-0.4, -0.2) is 47.5 Å². The van der Waals surface area contributed by atoms with Gasteiger partial charge in [-0.25, -0.2) is 0 Å². The Hall–Kier alpha value is 0.737. The van der Waals surface area contributed by atoms with Crippen LogP contribution >= 0.6 is 23.4 Å². The highest BCUT2D eigenvalue weighted by Gasteiger charge is 2.36. The number of hydrogen-bond acceptors (Lipinski definition) is 4. The summed E-state index contributed by atoms with van der Waals surface area (Å²) in [6, 6.07) is 0.879. The summed E-state index contributed by atoms with van der Waals surface area (Å²) in [6.45, 7) is 0. The molecule has 0 saturated heterocycles. The molecule has 0 aromatic carbocycles. The summed E-state index contributed by atoms with van der Waals surface area (Å²) >= 11 is 7.51. The first-order valence-electron chi connectivity index (χ1n) is 5.04. The first-order valence-corrected chi connectivity index (χ1v) is 8.66. The lowest BCUT2D eigenvalue weighted by Gasteiger charge is -2.24. The van der Waals surface area contributed by atoms with E-state index < -0.39 is 8.80 Å². The molecule has 0 aliphatic carbocycles. The highest BCUT2D eigenvalue weighted by molar-refractivity contribution is 7.99. The van der Waals surface area contributed by atoms with Gasteiger partial charge in [-0.1, -0.05) is 0 Å². The number of thioether (sulfide) groups is 1. The van der Waals surface area contributed by atoms with E-state index in [0.29, 0.717) is 0 Å². The summed E-state index contributed by atoms with van der Waals surface area (Å²) in [7, 11) is 2.63. The van der Waals surface area contributed by atoms with Gasteiger partial charge in [-0.3, -0.25) is 0 Å². The van der Waals surface area contributed by atoms with Gasteiger partial charge >= 0.3 is 8.80 Å². The molecule has 0 fully saturated rings. The van der Waals surface area contributed by atoms with Crippen LogP contribution in [0.25, 0.3) is 0 Å². The summed E-state index contributed by atoms with van der Waals surface area (Å²) in [6.07, 6.45) is 2.14. The van der Waals surface area contributed by atoms with E-state index in [9.17, 15) is 0 Å². The topological polar surface area (TPSA) is 27.7 Å². The normalized spacial score (nSPS) is 12.0. The van der Waals surface area contributed by atoms with Gasteiger partial charge in [0.2, 0.25) is 0 Å². The van der Waals surface area contributed by atoms with Crippen LogP contribution in [0, 0.1) is 0 Å². The molecule has 0 N–H and O–H groups in total. The first-order chi connectivity index (χ1) is 7.24. The molecular weight excluding hydrogens is 252 g/mol. The maximum absolute atomic E-state index is 5.59. The third-order valence-corrected chi connectivity index (χ3v) is 6.38. The molecule has 0 atom stereocenters. The van der Waals surface area contributed by atoms with Crippen LogP contribution in [-0.2, 0) is 13.3 Å². The quantitative estimate of drug-likeness (QED) is 0.347. The van der Waals surface area contributed by atoms with Gasteiger partial charge in [-0.15, -0.1) is 11.6 Å². The van der Waals surface area contributed by atoms with Gasteiger partial charge < -0.3 is 13.3 Å². The molecule has 0 amide bonds. The SMILES string of the molecule is CO[Si](CCCSCCCCl)(OC)OC. The zero-order chi connectivity index (χ0) is 11.6. The van der Waals surface area contributed by atoms with Gasteiger partial charge in [0.25, 0.3) is 0 Å². The fourth-order valence-corrected chi connectivity index (χ4v) is 4.38. The predicted molar refractivity (Wildman–Crippen MR) is 68.9 cm³/mol. The van der Waals surface area contributed by atoms with Crippen LogP contribution in [0.3, 0.4) is 0 Å². The Morgan fingerprint density at radius 1 is 1.00 bits per heavy atom. The Labute approximate surface area is 103 Å². The van der Waals surface area contributed by atoms with Crippen LogP contribution in [0.5, 0.6) is 0 Å². The van der Waals surface area contributed by atoms with E-state index in [1.54, 1.807) is 21.3 Å². The molecule has 0 aromatic rings. The molecule has 0 spiro atoms. The van der Waals surface area contributed by atoms with Gasteiger partial charge in [-0.05, 0) is 24.3 Å². The van der Waals surface area contributed by atoms with Gasteiger partial charge in [0.15, 0.2) is 0 Å². The highest BCUT2D eigenvalue weighted by Crippen LogP contribution is 2.17. The van der Waals surface area contributed by atoms with Crippen molar-refractivity contribution in [3.8, 4) is 0 Å². The number of hydrogen-bond donors (Lipinski definition) is 0. The summed E-state index contributed by atoms with van der Waals surface area (Å²) in [4.78, 5) is 0. The minimum Gasteiger partial charge on any atom is -0.377 e. The Morgan fingerprint density at radius 2 is 1.53 bits per heavy atom. The van der Waals surface area contributed by atoms with Crippen molar-refractivity contribution in [2.45, 2.75) is 18.9 Å². The Morgan fingerprint density at radius 3 is 2.00 bits per heavy atom. The number of alkyl halides is 1. The smallest absolute Gasteiger partial charge is 0.377 e. The van der Waals surface area contributed by atoms with Crippen LogP contribution in [0.4, 0.5) is 0 Å². The molecule has 6 heteroatoms. The van der Waals surface area contributed by atoms with E-state index in [2.05, 4.69) is 0 Å². The van der Waals surface area contributed by atoms with Crippen molar-refractivity contribution in [2.24, 2.45) is 0 Å². The van der Waals surface area contributed by atoms with Crippen molar-refractivity contribution in [1.82, 2.24) is 0 Å². The lowest BCUT2D eigenvalue weighted by molar-refractivity contribution is 0.123. The van der Waals surface area contributed by atoms with Crippen molar-refractivity contribution in [3.05, 3.63) is 0 Å². The largest absolute Gasteiger partial charge is 0.500 e. The van der Waals surface area contributed by atoms with Crippen LogP contribution in [0.2, 0.25) is 6.04 Å². The standard InChI is InChI=1S/C9H21ClO3SSi/c1-11-15(12-2,13-3)9-5-8-14-7-4-6-10/h4-9H2,1-3H3. The summed E-state index contributed by atoms with van der Waals surface area (Å²) in [5.41, 5.74) is 0. The molecule has 0 bridgehead atoms. The lowest BCUT2D eigenvalue weighted by atomic mass is 10.6. The molecule has 92 valence electrons. The average Bonchev–Trinajstić information content (AvgIpc) is 2.29. The monoisotopic (exact) mass is 272 g/mol. The third kappa shape index (κ3) is 6.81. The Bertz CT molecular complexity index is 139. The van der Waals surface area contributed by atoms with Gasteiger partial charge in [0.1, 0.15) is 0 Å². The second-order valence-electron chi connectivity index (χ2n) is 3.05. The van der Waals surface area contributed by atoms with Gasteiger partial charge in [-0.2, -0.15) is 11.8 Å². The molecule has 0 unspecified atom stereocenters. The molecule has 15 heavy (non-hydrogen) atoms. The molecule has 0 aromatic heterocycles. The molecule has 0 saturated carbocycles. The zero-order valence-electron chi connectivity index (χ0n) is 9.75. The molecule has 0 heterocycles. The fraction of sp³-hybridized carbons (Fsp3) is 1.00. The highest BCUT2D eigenvalue weighted by atomic mass is 35.5. The number of rotatable bonds is 10. The Kier molecular flexibility index (Phi) is 10.4. The molecule has 0 aliphatic heterocycles. The molecular formula is C9H21ClO3SSi. The van der Waals surface area contributed by atoms with E-state index >= 15 is 0 Å². The van der Waals surface area contributed by atoms with Crippen LogP contribution in [0.15, 0.2) is 0 Å². The second kappa shape index (κ2) is 9.93. The van der Waals surface area contributed by atoms with E-state index in [1.165, 1.54) is 0 Å². The minimum absolute atomic E-state index is 0.750. The zero-order valence-corrected chi connectivity index (χ0v) is 12.3. The summed E-state index contributed by atoms with van der Waals surface area (Å²) in [5, 5.41) is 0. The van der Waals surface area contributed by atoms with Crippen molar-refractivity contribution < 1.29 is 13.3 Å². The fourth-order valence-electron chi connectivity index (χ4n) is 1.21. The maximum atomic E-state index is 5.59. The van der Waals surface area contributed by atoms with Crippen LogP contribution < -0.4 is 0 Å². The van der Waals surface area contributed by atoms with Crippen molar-refractivity contribution in [1.29, 1.82) is 0 Å². The van der Waals surface area contributed by atoms with Crippen molar-refractivity contribution >= 4 is 32.2 Å². The Balaban J connectivity index is 3.54. The molecule has 0 radical (unpaired) electrons. The molecule has 0 rings (SSSR count). The van der Waals surface area contributed by atoms with Crippen molar-refractivity contribution in [2.75, 3.05) is 38.7 Å². The lowest BCUT2D eigenvalue weighted by Crippen LogP contribution is -2.42. The van der Waals surface area contributed by atoms with Gasteiger partial charge in [0.05, 0.1) is 0 Å². The van der Waals surface area contributed by atoms with Crippen molar-refractivity contribution in [3.63, 3.8) is 0 Å². The third-order valence-electron chi connectivity index (χ3n) is 2.13. The minimum atomic E-state index is -2.33. The van der Waals surface area contributed by atoms with Gasteiger partial charge in [0, 0.05) is 33.3 Å². The van der Waals surface area contributed by atoms with E-state index in [-0.39, 0.29) is 0 Å². The molecule has 0 aliphatic rings. The summed E-state index contributed by atoms with van der Waals surface area (Å²) < 4.78 is 16.0.